The van der Waals surface area contributed by atoms with Crippen molar-refractivity contribution in [1.82, 2.24) is 4.98 Å². The van der Waals surface area contributed by atoms with Gasteiger partial charge in [0.2, 0.25) is 5.88 Å². The minimum absolute atomic E-state index is 0.117. The second-order valence-electron chi connectivity index (χ2n) is 4.46. The fourth-order valence-corrected chi connectivity index (χ4v) is 1.86. The molecule has 1 aromatic heterocycles. The third kappa shape index (κ3) is 5.21. The first-order chi connectivity index (χ1) is 11.5. The number of primary amides is 1. The molecule has 0 radical (unpaired) electrons. The maximum Gasteiger partial charge on any atom is 0.387 e. The standard InChI is InChI=1S/C15H14F2N2O3.CHN/c1-9-7-11(22-15(16)17)12(13(18)20)14(19-9)21-8-10-5-3-2-4-6-10;1-2/h2-7,15H,8H2,1H3,(H2,18,20);1H. The SMILES string of the molecule is C#N.Cc1cc(OC(F)F)c(C(N)=O)c(OCc2ccccc2)n1. The predicted octanol–water partition coefficient (Wildman–Crippen LogP) is 2.81. The van der Waals surface area contributed by atoms with E-state index in [4.69, 9.17) is 15.7 Å². The van der Waals surface area contributed by atoms with Crippen LogP contribution >= 0.6 is 0 Å². The molecule has 2 rings (SSSR count). The lowest BCUT2D eigenvalue weighted by atomic mass is 10.2. The molecule has 0 spiro atoms. The molecule has 1 heterocycles. The smallest absolute Gasteiger partial charge is 0.387 e. The van der Waals surface area contributed by atoms with Gasteiger partial charge < -0.3 is 15.2 Å². The molecule has 0 saturated heterocycles. The van der Waals surface area contributed by atoms with E-state index in [1.165, 1.54) is 6.07 Å². The molecular weight excluding hydrogens is 320 g/mol. The number of amides is 1. The maximum atomic E-state index is 12.4. The summed E-state index contributed by atoms with van der Waals surface area (Å²) in [5.74, 6) is -1.43. The van der Waals surface area contributed by atoms with E-state index in [-0.39, 0.29) is 23.8 Å². The highest BCUT2D eigenvalue weighted by molar-refractivity contribution is 5.98. The lowest BCUT2D eigenvalue weighted by Gasteiger charge is -2.14. The van der Waals surface area contributed by atoms with E-state index in [9.17, 15) is 13.6 Å². The molecule has 0 aliphatic heterocycles. The number of carbonyl (C=O) groups is 1. The molecule has 0 bridgehead atoms. The number of nitriles is 1. The van der Waals surface area contributed by atoms with E-state index >= 15 is 0 Å². The van der Waals surface area contributed by atoms with E-state index in [2.05, 4.69) is 16.3 Å². The van der Waals surface area contributed by atoms with Crippen molar-refractivity contribution in [3.05, 3.63) is 53.2 Å². The number of aromatic nitrogens is 1. The van der Waals surface area contributed by atoms with Crippen molar-refractivity contribution in [3.8, 4) is 18.2 Å². The quantitative estimate of drug-likeness (QED) is 0.875. The number of rotatable bonds is 6. The number of benzene rings is 1. The molecule has 24 heavy (non-hydrogen) atoms. The van der Waals surface area contributed by atoms with Gasteiger partial charge in [-0.3, -0.25) is 4.79 Å². The number of hydrogen-bond acceptors (Lipinski definition) is 5. The molecule has 0 saturated carbocycles. The summed E-state index contributed by atoms with van der Waals surface area (Å²) in [6.07, 6.45) is 0. The molecule has 0 unspecified atom stereocenters. The first-order valence-electron chi connectivity index (χ1n) is 6.66. The van der Waals surface area contributed by atoms with E-state index in [1.54, 1.807) is 6.92 Å². The summed E-state index contributed by atoms with van der Waals surface area (Å²) in [6.45, 7) is 2.10. The lowest BCUT2D eigenvalue weighted by Crippen LogP contribution is -2.17. The minimum Gasteiger partial charge on any atom is -0.472 e. The van der Waals surface area contributed by atoms with Crippen molar-refractivity contribution < 1.29 is 23.0 Å². The molecule has 8 heteroatoms. The highest BCUT2D eigenvalue weighted by Crippen LogP contribution is 2.29. The zero-order chi connectivity index (χ0) is 18.1. The van der Waals surface area contributed by atoms with Crippen LogP contribution in [0.15, 0.2) is 36.4 Å². The molecule has 6 nitrogen and oxygen atoms in total. The summed E-state index contributed by atoms with van der Waals surface area (Å²) >= 11 is 0. The molecule has 0 fully saturated rings. The number of ether oxygens (including phenoxy) is 2. The number of pyridine rings is 1. The molecule has 2 N–H and O–H groups in total. The number of carbonyl (C=O) groups excluding carboxylic acids is 1. The van der Waals surface area contributed by atoms with Crippen LogP contribution in [0.1, 0.15) is 21.6 Å². The van der Waals surface area contributed by atoms with Crippen molar-refractivity contribution in [2.45, 2.75) is 20.1 Å². The van der Waals surface area contributed by atoms with Crippen LogP contribution in [-0.2, 0) is 6.61 Å². The van der Waals surface area contributed by atoms with Crippen LogP contribution in [0.3, 0.4) is 0 Å². The first-order valence-corrected chi connectivity index (χ1v) is 6.66. The molecule has 126 valence electrons. The van der Waals surface area contributed by atoms with Gasteiger partial charge in [-0.05, 0) is 12.5 Å². The number of nitrogens with zero attached hydrogens (tertiary/aromatic N) is 2. The summed E-state index contributed by atoms with van der Waals surface area (Å²) < 4.78 is 34.7. The Morgan fingerprint density at radius 3 is 2.50 bits per heavy atom. The Balaban J connectivity index is 0.00000139. The summed E-state index contributed by atoms with van der Waals surface area (Å²) in [5.41, 5.74) is 6.12. The molecule has 0 aliphatic rings. The van der Waals surface area contributed by atoms with Crippen LogP contribution in [0.25, 0.3) is 0 Å². The number of halogens is 2. The monoisotopic (exact) mass is 335 g/mol. The highest BCUT2D eigenvalue weighted by Gasteiger charge is 2.21. The van der Waals surface area contributed by atoms with Gasteiger partial charge in [-0.1, -0.05) is 30.3 Å². The Kier molecular flexibility index (Phi) is 7.10. The second kappa shape index (κ2) is 9.05. The van der Waals surface area contributed by atoms with E-state index in [0.717, 1.165) is 5.56 Å². The third-order valence-electron chi connectivity index (χ3n) is 2.76. The largest absolute Gasteiger partial charge is 0.472 e. The highest BCUT2D eigenvalue weighted by atomic mass is 19.3. The molecule has 2 aromatic rings. The number of hydrogen-bond donors (Lipinski definition) is 1. The minimum atomic E-state index is -3.08. The average molecular weight is 335 g/mol. The molecule has 0 atom stereocenters. The molecule has 1 amide bonds. The summed E-state index contributed by atoms with van der Waals surface area (Å²) in [6, 6.07) is 10.3. The maximum absolute atomic E-state index is 12.4. The number of alkyl halides is 2. The number of nitrogens with two attached hydrogens (primary N) is 1. The van der Waals surface area contributed by atoms with Gasteiger partial charge in [-0.2, -0.15) is 8.78 Å². The van der Waals surface area contributed by atoms with Crippen molar-refractivity contribution >= 4 is 5.91 Å². The van der Waals surface area contributed by atoms with Crippen molar-refractivity contribution in [2.75, 3.05) is 0 Å². The average Bonchev–Trinajstić information content (AvgIpc) is 2.54. The van der Waals surface area contributed by atoms with Gasteiger partial charge in [0, 0.05) is 18.3 Å². The second-order valence-corrected chi connectivity index (χ2v) is 4.46. The van der Waals surface area contributed by atoms with Gasteiger partial charge in [-0.15, -0.1) is 0 Å². The normalized spacial score (nSPS) is 9.75. The van der Waals surface area contributed by atoms with Crippen LogP contribution < -0.4 is 15.2 Å². The van der Waals surface area contributed by atoms with Crippen LogP contribution in [0.2, 0.25) is 0 Å². The third-order valence-corrected chi connectivity index (χ3v) is 2.76. The van der Waals surface area contributed by atoms with E-state index in [0.29, 0.717) is 5.69 Å². The van der Waals surface area contributed by atoms with Crippen molar-refractivity contribution in [3.63, 3.8) is 0 Å². The molecule has 1 aromatic carbocycles. The summed E-state index contributed by atoms with van der Waals surface area (Å²) in [5, 5.41) is 6.50. The predicted molar refractivity (Wildman–Crippen MR) is 81.6 cm³/mol. The lowest BCUT2D eigenvalue weighted by molar-refractivity contribution is -0.0503. The summed E-state index contributed by atoms with van der Waals surface area (Å²) in [7, 11) is 0. The van der Waals surface area contributed by atoms with Crippen LogP contribution in [0, 0.1) is 18.8 Å². The topological polar surface area (TPSA) is 98.2 Å². The fourth-order valence-electron chi connectivity index (χ4n) is 1.86. The Bertz CT molecular complexity index is 706. The van der Waals surface area contributed by atoms with Crippen LogP contribution in [-0.4, -0.2) is 17.5 Å². The Morgan fingerprint density at radius 1 is 1.33 bits per heavy atom. The van der Waals surface area contributed by atoms with Gasteiger partial charge in [0.25, 0.3) is 5.91 Å². The molecule has 0 aliphatic carbocycles. The number of aryl methyl sites for hydroxylation is 1. The van der Waals surface area contributed by atoms with E-state index < -0.39 is 12.5 Å². The fraction of sp³-hybridized carbons (Fsp3) is 0.188. The van der Waals surface area contributed by atoms with Gasteiger partial charge in [0.1, 0.15) is 17.9 Å². The van der Waals surface area contributed by atoms with Gasteiger partial charge in [0.05, 0.1) is 0 Å². The Morgan fingerprint density at radius 2 is 1.96 bits per heavy atom. The van der Waals surface area contributed by atoms with Crippen LogP contribution in [0.5, 0.6) is 11.6 Å². The van der Waals surface area contributed by atoms with Crippen molar-refractivity contribution in [1.29, 1.82) is 5.26 Å². The van der Waals surface area contributed by atoms with Crippen molar-refractivity contribution in [2.24, 2.45) is 5.73 Å². The zero-order valence-corrected chi connectivity index (χ0v) is 12.8. The molecular formula is C16H15F2N3O3. The zero-order valence-electron chi connectivity index (χ0n) is 12.8. The van der Waals surface area contributed by atoms with Gasteiger partial charge >= 0.3 is 6.61 Å². The first kappa shape index (κ1) is 18.8. The van der Waals surface area contributed by atoms with Crippen LogP contribution in [0.4, 0.5) is 8.78 Å². The Labute approximate surface area is 137 Å². The van der Waals surface area contributed by atoms with Gasteiger partial charge in [-0.25, -0.2) is 10.2 Å². The Hall–Kier alpha value is -3.21. The van der Waals surface area contributed by atoms with E-state index in [1.807, 2.05) is 30.3 Å². The van der Waals surface area contributed by atoms with Gasteiger partial charge in [0.15, 0.2) is 0 Å². The summed E-state index contributed by atoms with van der Waals surface area (Å²) in [4.78, 5) is 15.6.